The first-order valence-electron chi connectivity index (χ1n) is 7.72. The lowest BCUT2D eigenvalue weighted by molar-refractivity contribution is -0.355. The van der Waals surface area contributed by atoms with E-state index >= 15 is 0 Å². The van der Waals surface area contributed by atoms with Gasteiger partial charge in [-0.2, -0.15) is 0 Å². The van der Waals surface area contributed by atoms with Crippen LogP contribution in [0.15, 0.2) is 0 Å². The molecule has 2 aliphatic rings. The van der Waals surface area contributed by atoms with Crippen molar-refractivity contribution in [3.63, 3.8) is 0 Å². The van der Waals surface area contributed by atoms with Crippen molar-refractivity contribution in [2.75, 3.05) is 20.3 Å². The van der Waals surface area contributed by atoms with Crippen LogP contribution in [0.4, 0.5) is 0 Å². The average Bonchev–Trinajstić information content (AvgIpc) is 2.62. The molecule has 26 heavy (non-hydrogen) atoms. The molecule has 0 amide bonds. The van der Waals surface area contributed by atoms with Gasteiger partial charge in [-0.05, 0) is 0 Å². The number of hydrogen-bond donors (Lipinski definition) is 9. The third-order valence-corrected chi connectivity index (χ3v) is 3.98. The van der Waals surface area contributed by atoms with E-state index in [4.69, 9.17) is 19.3 Å². The molecular formula is C13H27NO12. The summed E-state index contributed by atoms with van der Waals surface area (Å²) in [6.45, 7) is -1.35. The highest BCUT2D eigenvalue weighted by Crippen LogP contribution is 2.28. The molecule has 0 aromatic heterocycles. The molecule has 2 saturated heterocycles. The molecule has 0 unspecified atom stereocenters. The Kier molecular flexibility index (Phi) is 9.70. The van der Waals surface area contributed by atoms with E-state index in [1.54, 1.807) is 0 Å². The molecule has 2 rings (SSSR count). The molecule has 0 bridgehead atoms. The minimum Gasteiger partial charge on any atom is -0.394 e. The molecule has 2 aliphatic heterocycles. The average molecular weight is 389 g/mol. The molecule has 13 nitrogen and oxygen atoms in total. The third kappa shape index (κ3) is 5.26. The normalized spacial score (nSPS) is 46.4. The number of aliphatic hydroxyl groups is 8. The highest BCUT2D eigenvalue weighted by Gasteiger charge is 2.50. The predicted octanol–water partition coefficient (Wildman–Crippen LogP) is -5.89. The van der Waals surface area contributed by atoms with Crippen molar-refractivity contribution in [1.29, 1.82) is 0 Å². The lowest BCUT2D eigenvalue weighted by Gasteiger charge is -2.45. The van der Waals surface area contributed by atoms with Crippen LogP contribution in [0.1, 0.15) is 0 Å². The second kappa shape index (κ2) is 10.7. The highest BCUT2D eigenvalue weighted by atomic mass is 16.7. The van der Waals surface area contributed by atoms with Crippen LogP contribution in [-0.2, 0) is 19.0 Å². The lowest BCUT2D eigenvalue weighted by atomic mass is 9.97. The van der Waals surface area contributed by atoms with Gasteiger partial charge < -0.3 is 59.9 Å². The van der Waals surface area contributed by atoms with E-state index in [0.29, 0.717) is 0 Å². The van der Waals surface area contributed by atoms with Crippen LogP contribution in [0, 0.1) is 0 Å². The molecule has 0 spiro atoms. The number of ether oxygens (including phenoxy) is 3. The summed E-state index contributed by atoms with van der Waals surface area (Å²) in [7, 11) is 1.40. The first kappa shape index (κ1) is 23.5. The van der Waals surface area contributed by atoms with Crippen molar-refractivity contribution in [2.24, 2.45) is 5.90 Å². The second-order valence-electron chi connectivity index (χ2n) is 5.76. The molecular weight excluding hydrogens is 362 g/mol. The van der Waals surface area contributed by atoms with Gasteiger partial charge in [0.25, 0.3) is 0 Å². The largest absolute Gasteiger partial charge is 0.394 e. The van der Waals surface area contributed by atoms with Gasteiger partial charge in [0.2, 0.25) is 0 Å². The molecule has 0 saturated carbocycles. The van der Waals surface area contributed by atoms with Crippen molar-refractivity contribution < 1.29 is 59.9 Å². The van der Waals surface area contributed by atoms with Gasteiger partial charge in [-0.25, -0.2) is 5.90 Å². The highest BCUT2D eigenvalue weighted by molar-refractivity contribution is 4.93. The van der Waals surface area contributed by atoms with Gasteiger partial charge >= 0.3 is 0 Å². The van der Waals surface area contributed by atoms with Crippen LogP contribution < -0.4 is 5.90 Å². The van der Waals surface area contributed by atoms with Crippen LogP contribution >= 0.6 is 0 Å². The van der Waals surface area contributed by atoms with Gasteiger partial charge in [0.1, 0.15) is 48.8 Å². The van der Waals surface area contributed by atoms with Crippen molar-refractivity contribution >= 4 is 0 Å². The van der Waals surface area contributed by atoms with Crippen molar-refractivity contribution in [2.45, 2.75) is 61.4 Å². The Balaban J connectivity index is 0.00000105. The first-order chi connectivity index (χ1) is 12.2. The predicted molar refractivity (Wildman–Crippen MR) is 79.8 cm³/mol. The van der Waals surface area contributed by atoms with Crippen molar-refractivity contribution in [3.8, 4) is 0 Å². The summed E-state index contributed by atoms with van der Waals surface area (Å²) in [6, 6.07) is 0. The van der Waals surface area contributed by atoms with E-state index in [0.717, 1.165) is 0 Å². The molecule has 0 aromatic rings. The summed E-state index contributed by atoms with van der Waals surface area (Å²) in [5, 5.41) is 76.5. The van der Waals surface area contributed by atoms with Gasteiger partial charge in [-0.1, -0.05) is 0 Å². The number of nitrogens with two attached hydrogens (primary N) is 1. The summed E-state index contributed by atoms with van der Waals surface area (Å²) in [5.41, 5.74) is 0. The van der Waals surface area contributed by atoms with E-state index in [9.17, 15) is 35.7 Å². The SMILES string of the molecule is CON.OC[C@H]1O[C@@H](O[C@H]2[C@H](O)[C@@H](O)[C@@H](O)O[C@@H]2CO)[C@H](O)[C@@H](O)[C@H]1O. The quantitative estimate of drug-likeness (QED) is 0.204. The summed E-state index contributed by atoms with van der Waals surface area (Å²) >= 11 is 0. The van der Waals surface area contributed by atoms with Gasteiger partial charge in [0, 0.05) is 0 Å². The maximum Gasteiger partial charge on any atom is 0.187 e. The molecule has 10 N–H and O–H groups in total. The van der Waals surface area contributed by atoms with Crippen molar-refractivity contribution in [3.05, 3.63) is 0 Å². The third-order valence-electron chi connectivity index (χ3n) is 3.98. The fourth-order valence-corrected chi connectivity index (χ4v) is 2.57. The summed E-state index contributed by atoms with van der Waals surface area (Å²) in [5.74, 6) is 4.35. The molecule has 10 atom stereocenters. The van der Waals surface area contributed by atoms with Crippen LogP contribution in [0.25, 0.3) is 0 Å². The van der Waals surface area contributed by atoms with Crippen molar-refractivity contribution in [1.82, 2.24) is 0 Å². The van der Waals surface area contributed by atoms with Gasteiger partial charge in [0.05, 0.1) is 20.3 Å². The second-order valence-corrected chi connectivity index (χ2v) is 5.76. The number of hydrogen-bond acceptors (Lipinski definition) is 13. The molecule has 0 aliphatic carbocycles. The Morgan fingerprint density at radius 2 is 1.31 bits per heavy atom. The summed E-state index contributed by atoms with van der Waals surface area (Å²) in [6.07, 6.45) is -15.6. The Labute approximate surface area is 148 Å². The topological polar surface area (TPSA) is 225 Å². The zero-order valence-electron chi connectivity index (χ0n) is 14.0. The first-order valence-corrected chi connectivity index (χ1v) is 7.72. The van der Waals surface area contributed by atoms with E-state index in [-0.39, 0.29) is 0 Å². The smallest absolute Gasteiger partial charge is 0.187 e. The van der Waals surface area contributed by atoms with Crippen LogP contribution in [0.2, 0.25) is 0 Å². The Morgan fingerprint density at radius 3 is 1.81 bits per heavy atom. The molecule has 2 heterocycles. The Morgan fingerprint density at radius 1 is 0.769 bits per heavy atom. The molecule has 0 radical (unpaired) electrons. The Hall–Kier alpha value is -0.520. The minimum atomic E-state index is -1.74. The monoisotopic (exact) mass is 389 g/mol. The zero-order chi connectivity index (χ0) is 20.0. The van der Waals surface area contributed by atoms with E-state index in [1.807, 2.05) is 0 Å². The molecule has 156 valence electrons. The van der Waals surface area contributed by atoms with Gasteiger partial charge in [-0.15, -0.1) is 0 Å². The maximum atomic E-state index is 9.94. The summed E-state index contributed by atoms with van der Waals surface area (Å²) in [4.78, 5) is 3.75. The van der Waals surface area contributed by atoms with Crippen LogP contribution in [0.5, 0.6) is 0 Å². The number of aliphatic hydroxyl groups excluding tert-OH is 8. The zero-order valence-corrected chi connectivity index (χ0v) is 14.0. The summed E-state index contributed by atoms with van der Waals surface area (Å²) < 4.78 is 15.3. The Bertz CT molecular complexity index is 399. The molecule has 2 fully saturated rings. The molecule has 13 heteroatoms. The lowest BCUT2D eigenvalue weighted by Crippen LogP contribution is -2.64. The van der Waals surface area contributed by atoms with E-state index in [2.05, 4.69) is 10.7 Å². The van der Waals surface area contributed by atoms with E-state index in [1.165, 1.54) is 7.11 Å². The molecule has 0 aromatic carbocycles. The standard InChI is InChI=1S/C12H22O11.CH5NO/c13-1-3-5(15)6(16)9(19)12(22-3)23-10-4(2-14)21-11(20)8(18)7(10)17;1-3-2/h3-20H,1-2H2;2H2,1H3/t3-,4-,5+,6+,7-,8-,9-,10-,11+,12+;/m1./s1. The maximum absolute atomic E-state index is 9.94. The van der Waals surface area contributed by atoms with Gasteiger partial charge in [0.15, 0.2) is 12.6 Å². The van der Waals surface area contributed by atoms with Crippen LogP contribution in [0.3, 0.4) is 0 Å². The number of rotatable bonds is 4. The fraction of sp³-hybridized carbons (Fsp3) is 1.00. The minimum absolute atomic E-state index is 0.667. The fourth-order valence-electron chi connectivity index (χ4n) is 2.57. The van der Waals surface area contributed by atoms with Gasteiger partial charge in [-0.3, -0.25) is 0 Å². The van der Waals surface area contributed by atoms with Crippen LogP contribution in [-0.4, -0.2) is 123 Å². The van der Waals surface area contributed by atoms with E-state index < -0.39 is 74.6 Å².